The van der Waals surface area contributed by atoms with Crippen LogP contribution in [0.4, 0.5) is 17.5 Å². The van der Waals surface area contributed by atoms with E-state index in [-0.39, 0.29) is 0 Å². The van der Waals surface area contributed by atoms with Crippen LogP contribution < -0.4 is 10.2 Å². The minimum absolute atomic E-state index is 0.545. The first-order chi connectivity index (χ1) is 10.2. The lowest BCUT2D eigenvalue weighted by Crippen LogP contribution is -2.23. The number of para-hydroxylation sites is 1. The van der Waals surface area contributed by atoms with Gasteiger partial charge in [-0.15, -0.1) is 5.10 Å². The fourth-order valence-electron chi connectivity index (χ4n) is 2.36. The zero-order chi connectivity index (χ0) is 15.2. The van der Waals surface area contributed by atoms with Crippen LogP contribution in [0.1, 0.15) is 31.9 Å². The van der Waals surface area contributed by atoms with E-state index in [0.29, 0.717) is 5.95 Å². The summed E-state index contributed by atoms with van der Waals surface area (Å²) in [7, 11) is 0. The van der Waals surface area contributed by atoms with E-state index in [9.17, 15) is 0 Å². The van der Waals surface area contributed by atoms with Crippen LogP contribution in [0.2, 0.25) is 0 Å². The van der Waals surface area contributed by atoms with Gasteiger partial charge in [0.1, 0.15) is 0 Å². The summed E-state index contributed by atoms with van der Waals surface area (Å²) in [5.41, 5.74) is 3.52. The topological polar surface area (TPSA) is 53.9 Å². The molecule has 112 valence electrons. The first kappa shape index (κ1) is 15.2. The van der Waals surface area contributed by atoms with Gasteiger partial charge in [0, 0.05) is 18.8 Å². The number of anilines is 3. The SMILES string of the molecule is CCc1cccc(C)c1Nc1nncc(N(CC)CC)n1. The molecule has 0 saturated heterocycles. The number of rotatable bonds is 6. The van der Waals surface area contributed by atoms with E-state index < -0.39 is 0 Å². The molecule has 2 aromatic rings. The summed E-state index contributed by atoms with van der Waals surface area (Å²) >= 11 is 0. The van der Waals surface area contributed by atoms with Crippen molar-refractivity contribution >= 4 is 17.5 Å². The molecule has 0 radical (unpaired) electrons. The van der Waals surface area contributed by atoms with Crippen molar-refractivity contribution in [2.75, 3.05) is 23.3 Å². The predicted octanol–water partition coefficient (Wildman–Crippen LogP) is 3.33. The average molecular weight is 285 g/mol. The number of hydrogen-bond acceptors (Lipinski definition) is 5. The van der Waals surface area contributed by atoms with Crippen molar-refractivity contribution in [1.82, 2.24) is 15.2 Å². The smallest absolute Gasteiger partial charge is 0.249 e. The molecule has 0 fully saturated rings. The van der Waals surface area contributed by atoms with Crippen molar-refractivity contribution in [2.24, 2.45) is 0 Å². The first-order valence-corrected chi connectivity index (χ1v) is 7.49. The maximum Gasteiger partial charge on any atom is 0.249 e. The number of benzene rings is 1. The molecule has 1 heterocycles. The highest BCUT2D eigenvalue weighted by Gasteiger charge is 2.09. The van der Waals surface area contributed by atoms with Crippen LogP contribution in [0, 0.1) is 6.92 Å². The molecule has 0 bridgehead atoms. The largest absolute Gasteiger partial charge is 0.356 e. The van der Waals surface area contributed by atoms with Gasteiger partial charge in [-0.05, 0) is 38.3 Å². The Balaban J connectivity index is 2.30. The van der Waals surface area contributed by atoms with E-state index in [4.69, 9.17) is 0 Å². The minimum Gasteiger partial charge on any atom is -0.356 e. The van der Waals surface area contributed by atoms with E-state index in [1.54, 1.807) is 6.20 Å². The van der Waals surface area contributed by atoms with Gasteiger partial charge >= 0.3 is 0 Å². The molecule has 2 rings (SSSR count). The molecule has 0 aliphatic rings. The monoisotopic (exact) mass is 285 g/mol. The Hall–Kier alpha value is -2.17. The number of nitrogens with zero attached hydrogens (tertiary/aromatic N) is 4. The van der Waals surface area contributed by atoms with E-state index in [2.05, 4.69) is 71.3 Å². The molecule has 0 aliphatic carbocycles. The van der Waals surface area contributed by atoms with Crippen molar-refractivity contribution in [3.8, 4) is 0 Å². The highest BCUT2D eigenvalue weighted by atomic mass is 15.3. The van der Waals surface area contributed by atoms with Gasteiger partial charge in [0.25, 0.3) is 0 Å². The summed E-state index contributed by atoms with van der Waals surface area (Å²) in [6.45, 7) is 10.2. The van der Waals surface area contributed by atoms with Crippen LogP contribution in [-0.2, 0) is 6.42 Å². The fraction of sp³-hybridized carbons (Fsp3) is 0.438. The van der Waals surface area contributed by atoms with Crippen molar-refractivity contribution < 1.29 is 0 Å². The molecule has 0 saturated carbocycles. The quantitative estimate of drug-likeness (QED) is 0.882. The summed E-state index contributed by atoms with van der Waals surface area (Å²) in [4.78, 5) is 6.72. The van der Waals surface area contributed by atoms with E-state index >= 15 is 0 Å². The third-order valence-corrected chi connectivity index (χ3v) is 3.61. The first-order valence-electron chi connectivity index (χ1n) is 7.49. The highest BCUT2D eigenvalue weighted by molar-refractivity contribution is 5.63. The zero-order valence-corrected chi connectivity index (χ0v) is 13.2. The van der Waals surface area contributed by atoms with Gasteiger partial charge in [-0.1, -0.05) is 25.1 Å². The molecule has 1 aromatic heterocycles. The summed E-state index contributed by atoms with van der Waals surface area (Å²) in [5, 5.41) is 11.5. The summed E-state index contributed by atoms with van der Waals surface area (Å²) in [6, 6.07) is 6.28. The Morgan fingerprint density at radius 1 is 1.14 bits per heavy atom. The molecule has 5 heteroatoms. The summed E-state index contributed by atoms with van der Waals surface area (Å²) in [6.07, 6.45) is 2.67. The normalized spacial score (nSPS) is 10.5. The molecular formula is C16H23N5. The molecule has 1 aromatic carbocycles. The fourth-order valence-corrected chi connectivity index (χ4v) is 2.36. The number of hydrogen-bond donors (Lipinski definition) is 1. The summed E-state index contributed by atoms with van der Waals surface area (Å²) < 4.78 is 0. The van der Waals surface area contributed by atoms with E-state index in [1.165, 1.54) is 11.1 Å². The molecule has 1 N–H and O–H groups in total. The van der Waals surface area contributed by atoms with Crippen LogP contribution in [0.25, 0.3) is 0 Å². The number of aromatic nitrogens is 3. The molecular weight excluding hydrogens is 262 g/mol. The van der Waals surface area contributed by atoms with Crippen LogP contribution in [0.3, 0.4) is 0 Å². The van der Waals surface area contributed by atoms with Gasteiger partial charge in [-0.3, -0.25) is 0 Å². The third-order valence-electron chi connectivity index (χ3n) is 3.61. The van der Waals surface area contributed by atoms with Crippen LogP contribution in [0.15, 0.2) is 24.4 Å². The Labute approximate surface area is 126 Å². The molecule has 21 heavy (non-hydrogen) atoms. The van der Waals surface area contributed by atoms with Crippen molar-refractivity contribution in [3.63, 3.8) is 0 Å². The van der Waals surface area contributed by atoms with Gasteiger partial charge in [-0.2, -0.15) is 10.1 Å². The lowest BCUT2D eigenvalue weighted by Gasteiger charge is -2.19. The maximum absolute atomic E-state index is 4.57. The Kier molecular flexibility index (Phi) is 5.09. The molecule has 0 aliphatic heterocycles. The van der Waals surface area contributed by atoms with Gasteiger partial charge in [-0.25, -0.2) is 0 Å². The highest BCUT2D eigenvalue weighted by Crippen LogP contribution is 2.24. The summed E-state index contributed by atoms with van der Waals surface area (Å²) in [5.74, 6) is 1.40. The standard InChI is InChI=1S/C16H23N5/c1-5-13-10-8-9-12(4)15(13)19-16-18-14(11-17-20-16)21(6-2)7-3/h8-11H,5-7H2,1-4H3,(H,18,19,20). The van der Waals surface area contributed by atoms with Gasteiger partial charge in [0.15, 0.2) is 5.82 Å². The molecule has 0 atom stereocenters. The van der Waals surface area contributed by atoms with Gasteiger partial charge in [0.05, 0.1) is 6.20 Å². The van der Waals surface area contributed by atoms with Crippen molar-refractivity contribution in [3.05, 3.63) is 35.5 Å². The maximum atomic E-state index is 4.57. The van der Waals surface area contributed by atoms with Crippen molar-refractivity contribution in [2.45, 2.75) is 34.1 Å². The second-order valence-electron chi connectivity index (χ2n) is 4.90. The third kappa shape index (κ3) is 3.48. The van der Waals surface area contributed by atoms with E-state index in [1.807, 2.05) is 0 Å². The Morgan fingerprint density at radius 3 is 2.57 bits per heavy atom. The van der Waals surface area contributed by atoms with Crippen LogP contribution in [-0.4, -0.2) is 28.3 Å². The van der Waals surface area contributed by atoms with E-state index in [0.717, 1.165) is 31.0 Å². The number of nitrogens with one attached hydrogen (secondary N) is 1. The lowest BCUT2D eigenvalue weighted by molar-refractivity contribution is 0.826. The molecule has 0 amide bonds. The molecule has 5 nitrogen and oxygen atoms in total. The average Bonchev–Trinajstić information content (AvgIpc) is 2.51. The van der Waals surface area contributed by atoms with Gasteiger partial charge in [0.2, 0.25) is 5.95 Å². The zero-order valence-electron chi connectivity index (χ0n) is 13.2. The predicted molar refractivity (Wildman–Crippen MR) is 87.2 cm³/mol. The Morgan fingerprint density at radius 2 is 1.90 bits per heavy atom. The lowest BCUT2D eigenvalue weighted by atomic mass is 10.1. The molecule has 0 unspecified atom stereocenters. The molecule has 0 spiro atoms. The van der Waals surface area contributed by atoms with Crippen LogP contribution >= 0.6 is 0 Å². The number of aryl methyl sites for hydroxylation is 2. The van der Waals surface area contributed by atoms with Crippen LogP contribution in [0.5, 0.6) is 0 Å². The second-order valence-corrected chi connectivity index (χ2v) is 4.90. The van der Waals surface area contributed by atoms with Crippen molar-refractivity contribution in [1.29, 1.82) is 0 Å². The second kappa shape index (κ2) is 7.02. The minimum atomic E-state index is 0.545. The van der Waals surface area contributed by atoms with Gasteiger partial charge < -0.3 is 10.2 Å². The Bertz CT molecular complexity index is 593.